The van der Waals surface area contributed by atoms with Crippen molar-refractivity contribution in [3.8, 4) is 5.75 Å². The molecule has 6 heteroatoms. The Bertz CT molecular complexity index is 1510. The number of carboxylic acids is 1. The Kier molecular flexibility index (Phi) is 6.07. The smallest absolute Gasteiger partial charge is 0.307 e. The van der Waals surface area contributed by atoms with Crippen LogP contribution in [-0.4, -0.2) is 20.6 Å². The van der Waals surface area contributed by atoms with Crippen molar-refractivity contribution in [2.45, 2.75) is 26.5 Å². The topological polar surface area (TPSA) is 64.3 Å². The first-order chi connectivity index (χ1) is 16.5. The highest BCUT2D eigenvalue weighted by Crippen LogP contribution is 2.31. The van der Waals surface area contributed by atoms with Crippen LogP contribution in [0.3, 0.4) is 0 Å². The largest absolute Gasteiger partial charge is 0.487 e. The van der Waals surface area contributed by atoms with E-state index in [9.17, 15) is 9.90 Å². The second-order valence-corrected chi connectivity index (χ2v) is 9.23. The van der Waals surface area contributed by atoms with Crippen molar-refractivity contribution in [2.75, 3.05) is 0 Å². The molecule has 5 nitrogen and oxygen atoms in total. The number of hydrogen-bond acceptors (Lipinski definition) is 3. The molecular formula is C28H23BrN2O3. The number of aliphatic carboxylic acids is 1. The Morgan fingerprint density at radius 2 is 1.82 bits per heavy atom. The van der Waals surface area contributed by atoms with E-state index in [0.717, 1.165) is 48.8 Å². The van der Waals surface area contributed by atoms with Gasteiger partial charge in [-0.3, -0.25) is 4.79 Å². The second kappa shape index (κ2) is 9.31. The molecular weight excluding hydrogens is 492 g/mol. The summed E-state index contributed by atoms with van der Waals surface area (Å²) in [5.41, 5.74) is 5.68. The van der Waals surface area contributed by atoms with Gasteiger partial charge < -0.3 is 14.4 Å². The molecule has 5 rings (SSSR count). The van der Waals surface area contributed by atoms with E-state index in [2.05, 4.69) is 37.6 Å². The molecule has 3 aromatic carbocycles. The van der Waals surface area contributed by atoms with E-state index in [1.165, 1.54) is 0 Å². The molecule has 0 aliphatic rings. The lowest BCUT2D eigenvalue weighted by Crippen LogP contribution is -2.05. The van der Waals surface area contributed by atoms with E-state index in [-0.39, 0.29) is 6.42 Å². The van der Waals surface area contributed by atoms with Crippen LogP contribution in [0, 0.1) is 6.92 Å². The lowest BCUT2D eigenvalue weighted by Gasteiger charge is -2.10. The molecule has 0 radical (unpaired) electrons. The fourth-order valence-corrected chi connectivity index (χ4v) is 4.58. The van der Waals surface area contributed by atoms with Crippen LogP contribution in [0.15, 0.2) is 83.3 Å². The Labute approximate surface area is 205 Å². The third kappa shape index (κ3) is 4.54. The van der Waals surface area contributed by atoms with Gasteiger partial charge in [0.05, 0.1) is 17.6 Å². The molecule has 1 N–H and O–H groups in total. The highest BCUT2D eigenvalue weighted by Gasteiger charge is 2.17. The van der Waals surface area contributed by atoms with Crippen LogP contribution < -0.4 is 4.74 Å². The van der Waals surface area contributed by atoms with Gasteiger partial charge in [-0.05, 0) is 60.5 Å². The summed E-state index contributed by atoms with van der Waals surface area (Å²) in [6.45, 7) is 2.98. The first-order valence-electron chi connectivity index (χ1n) is 11.0. The Balaban J connectivity index is 1.46. The van der Waals surface area contributed by atoms with E-state index in [0.29, 0.717) is 18.9 Å². The quantitative estimate of drug-likeness (QED) is 0.268. The van der Waals surface area contributed by atoms with Gasteiger partial charge in [-0.2, -0.15) is 0 Å². The molecule has 2 aromatic heterocycles. The van der Waals surface area contributed by atoms with Gasteiger partial charge in [0.1, 0.15) is 12.4 Å². The van der Waals surface area contributed by atoms with Crippen LogP contribution >= 0.6 is 15.9 Å². The number of carbonyl (C=O) groups is 1. The van der Waals surface area contributed by atoms with Crippen LogP contribution in [0.25, 0.3) is 21.8 Å². The molecule has 0 saturated carbocycles. The predicted octanol–water partition coefficient (Wildman–Crippen LogP) is 6.51. The molecule has 0 unspecified atom stereocenters. The van der Waals surface area contributed by atoms with Crippen molar-refractivity contribution in [2.24, 2.45) is 0 Å². The molecule has 0 aliphatic carbocycles. The van der Waals surface area contributed by atoms with Gasteiger partial charge in [-0.1, -0.05) is 52.3 Å². The molecule has 0 spiro atoms. The lowest BCUT2D eigenvalue weighted by atomic mass is 10.1. The standard InChI is InChI=1S/C28H23BrN2O3/c1-18-24(15-28(32)33)25-14-23(34-17-22-11-8-20-4-2-3-5-26(20)30-22)12-13-27(25)31(18)16-19-6-9-21(29)10-7-19/h2-14H,15-17H2,1H3,(H,32,33). The summed E-state index contributed by atoms with van der Waals surface area (Å²) in [7, 11) is 0. The van der Waals surface area contributed by atoms with Crippen LogP contribution in [0.5, 0.6) is 5.75 Å². The summed E-state index contributed by atoms with van der Waals surface area (Å²) in [6.07, 6.45) is -0.0364. The van der Waals surface area contributed by atoms with Gasteiger partial charge in [-0.15, -0.1) is 0 Å². The third-order valence-corrected chi connectivity index (χ3v) is 6.58. The molecule has 0 bridgehead atoms. The second-order valence-electron chi connectivity index (χ2n) is 8.31. The van der Waals surface area contributed by atoms with Crippen LogP contribution in [-0.2, 0) is 24.4 Å². The SMILES string of the molecule is Cc1c(CC(=O)O)c2cc(OCc3ccc4ccccc4n3)ccc2n1Cc1ccc(Br)cc1. The molecule has 0 saturated heterocycles. The summed E-state index contributed by atoms with van der Waals surface area (Å²) in [4.78, 5) is 16.3. The number of fused-ring (bicyclic) bond motifs is 2. The van der Waals surface area contributed by atoms with Crippen LogP contribution in [0.2, 0.25) is 0 Å². The minimum atomic E-state index is -0.850. The molecule has 0 fully saturated rings. The van der Waals surface area contributed by atoms with Gasteiger partial charge in [0.25, 0.3) is 0 Å². The summed E-state index contributed by atoms with van der Waals surface area (Å²) >= 11 is 3.48. The molecule has 5 aromatic rings. The van der Waals surface area contributed by atoms with E-state index in [1.807, 2.05) is 73.7 Å². The molecule has 0 atom stereocenters. The fraction of sp³-hybridized carbons (Fsp3) is 0.143. The number of benzene rings is 3. The number of ether oxygens (including phenoxy) is 1. The summed E-state index contributed by atoms with van der Waals surface area (Å²) in [5, 5.41) is 11.5. The maximum absolute atomic E-state index is 11.6. The van der Waals surface area contributed by atoms with Gasteiger partial charge in [0, 0.05) is 33.0 Å². The summed E-state index contributed by atoms with van der Waals surface area (Å²) < 4.78 is 9.26. The first-order valence-corrected chi connectivity index (χ1v) is 11.8. The van der Waals surface area contributed by atoms with Crippen molar-refractivity contribution in [1.82, 2.24) is 9.55 Å². The van der Waals surface area contributed by atoms with Gasteiger partial charge in [-0.25, -0.2) is 4.98 Å². The van der Waals surface area contributed by atoms with E-state index in [1.54, 1.807) is 0 Å². The predicted molar refractivity (Wildman–Crippen MR) is 137 cm³/mol. The maximum Gasteiger partial charge on any atom is 0.307 e. The van der Waals surface area contributed by atoms with Gasteiger partial charge in [0.15, 0.2) is 0 Å². The van der Waals surface area contributed by atoms with E-state index >= 15 is 0 Å². The average molecular weight is 515 g/mol. The van der Waals surface area contributed by atoms with Gasteiger partial charge in [0.2, 0.25) is 0 Å². The highest BCUT2D eigenvalue weighted by molar-refractivity contribution is 9.10. The minimum absolute atomic E-state index is 0.0364. The fourth-order valence-electron chi connectivity index (χ4n) is 4.32. The number of hydrogen-bond donors (Lipinski definition) is 1. The molecule has 170 valence electrons. The number of aromatic nitrogens is 2. The molecule has 34 heavy (non-hydrogen) atoms. The monoisotopic (exact) mass is 514 g/mol. The number of nitrogens with zero attached hydrogens (tertiary/aromatic N) is 2. The van der Waals surface area contributed by atoms with Crippen molar-refractivity contribution in [3.05, 3.63) is 106 Å². The number of pyridine rings is 1. The molecule has 0 amide bonds. The average Bonchev–Trinajstić information content (AvgIpc) is 3.09. The van der Waals surface area contributed by atoms with Crippen molar-refractivity contribution in [1.29, 1.82) is 0 Å². The first kappa shape index (κ1) is 22.2. The molecule has 2 heterocycles. The Morgan fingerprint density at radius 1 is 1.03 bits per heavy atom. The van der Waals surface area contributed by atoms with E-state index < -0.39 is 5.97 Å². The van der Waals surface area contributed by atoms with E-state index in [4.69, 9.17) is 4.74 Å². The third-order valence-electron chi connectivity index (χ3n) is 6.05. The van der Waals surface area contributed by atoms with Crippen molar-refractivity contribution >= 4 is 43.7 Å². The number of rotatable bonds is 7. The zero-order valence-corrected chi connectivity index (χ0v) is 20.2. The lowest BCUT2D eigenvalue weighted by molar-refractivity contribution is -0.136. The van der Waals surface area contributed by atoms with Crippen molar-refractivity contribution < 1.29 is 14.6 Å². The summed E-state index contributed by atoms with van der Waals surface area (Å²) in [5.74, 6) is -0.160. The van der Waals surface area contributed by atoms with Gasteiger partial charge >= 0.3 is 5.97 Å². The maximum atomic E-state index is 11.6. The normalized spacial score (nSPS) is 11.2. The highest BCUT2D eigenvalue weighted by atomic mass is 79.9. The zero-order chi connectivity index (χ0) is 23.7. The number of carboxylic acid groups (broad SMARTS) is 1. The Morgan fingerprint density at radius 3 is 2.62 bits per heavy atom. The number of halogens is 1. The molecule has 0 aliphatic heterocycles. The number of para-hydroxylation sites is 1. The Hall–Kier alpha value is -3.64. The summed E-state index contributed by atoms with van der Waals surface area (Å²) in [6, 6.07) is 26.1. The van der Waals surface area contributed by atoms with Crippen LogP contribution in [0.4, 0.5) is 0 Å². The minimum Gasteiger partial charge on any atom is -0.487 e. The zero-order valence-electron chi connectivity index (χ0n) is 18.7. The van der Waals surface area contributed by atoms with Crippen molar-refractivity contribution in [3.63, 3.8) is 0 Å². The van der Waals surface area contributed by atoms with Crippen LogP contribution in [0.1, 0.15) is 22.5 Å².